The largest absolute Gasteiger partial charge is 0.462 e. The maximum atomic E-state index is 12.7. The van der Waals surface area contributed by atoms with Crippen molar-refractivity contribution in [2.75, 3.05) is 13.2 Å². The van der Waals surface area contributed by atoms with Crippen molar-refractivity contribution in [2.24, 2.45) is 4.99 Å². The van der Waals surface area contributed by atoms with E-state index in [1.807, 2.05) is 49.5 Å². The summed E-state index contributed by atoms with van der Waals surface area (Å²) >= 11 is 1.61. The number of carbonyl (C=O) groups is 1. The molecule has 2 heterocycles. The van der Waals surface area contributed by atoms with Crippen molar-refractivity contribution >= 4 is 28.5 Å². The van der Waals surface area contributed by atoms with E-state index in [0.717, 1.165) is 42.2 Å². The van der Waals surface area contributed by atoms with Crippen molar-refractivity contribution < 1.29 is 9.53 Å². The first-order chi connectivity index (χ1) is 14.2. The summed E-state index contributed by atoms with van der Waals surface area (Å²) in [6.07, 6.45) is 2.66. The van der Waals surface area contributed by atoms with Crippen LogP contribution in [0.5, 0.6) is 0 Å². The Morgan fingerprint density at radius 3 is 2.59 bits per heavy atom. The summed E-state index contributed by atoms with van der Waals surface area (Å²) in [7, 11) is 0. The molecule has 0 amide bonds. The normalized spacial score (nSPS) is 14.1. The summed E-state index contributed by atoms with van der Waals surface area (Å²) in [6, 6.07) is 20.4. The lowest BCUT2D eigenvalue weighted by Gasteiger charge is -2.27. The molecule has 0 fully saturated rings. The number of carbonyl (C=O) groups excluding carboxylic acids is 1. The van der Waals surface area contributed by atoms with Crippen LogP contribution < -0.4 is 0 Å². The lowest BCUT2D eigenvalue weighted by molar-refractivity contribution is 0.0526. The quantitative estimate of drug-likeness (QED) is 0.417. The van der Waals surface area contributed by atoms with E-state index in [-0.39, 0.29) is 5.97 Å². The van der Waals surface area contributed by atoms with Gasteiger partial charge in [0.2, 0.25) is 0 Å². The van der Waals surface area contributed by atoms with Gasteiger partial charge in [0.05, 0.1) is 12.2 Å². The lowest BCUT2D eigenvalue weighted by Crippen LogP contribution is -2.29. The second kappa shape index (κ2) is 9.16. The first-order valence-corrected chi connectivity index (χ1v) is 10.7. The Bertz CT molecular complexity index is 996. The fourth-order valence-electron chi connectivity index (χ4n) is 3.60. The predicted molar refractivity (Wildman–Crippen MR) is 118 cm³/mol. The van der Waals surface area contributed by atoms with Crippen molar-refractivity contribution in [1.82, 2.24) is 4.90 Å². The van der Waals surface area contributed by atoms with Gasteiger partial charge in [-0.2, -0.15) is 0 Å². The molecule has 4 rings (SSSR count). The molecule has 0 unspecified atom stereocenters. The summed E-state index contributed by atoms with van der Waals surface area (Å²) in [6.45, 7) is 4.88. The first-order valence-electron chi connectivity index (χ1n) is 9.91. The first kappa shape index (κ1) is 19.6. The lowest BCUT2D eigenvalue weighted by atomic mass is 10.0. The Hall–Kier alpha value is -2.76. The van der Waals surface area contributed by atoms with Gasteiger partial charge in [-0.25, -0.2) is 9.79 Å². The Kier molecular flexibility index (Phi) is 6.17. The van der Waals surface area contributed by atoms with Crippen molar-refractivity contribution in [1.29, 1.82) is 0 Å². The number of aliphatic imine (C=N–C) groups is 1. The van der Waals surface area contributed by atoms with Gasteiger partial charge in [0.25, 0.3) is 0 Å². The number of rotatable bonds is 6. The van der Waals surface area contributed by atoms with E-state index in [1.54, 1.807) is 11.3 Å². The molecule has 0 radical (unpaired) electrons. The molecular weight excluding hydrogens is 380 g/mol. The maximum Gasteiger partial charge on any atom is 0.341 e. The number of hydrogen-bond acceptors (Lipinski definition) is 5. The van der Waals surface area contributed by atoms with Crippen molar-refractivity contribution in [3.63, 3.8) is 0 Å². The second-order valence-corrected chi connectivity index (χ2v) is 8.10. The molecular formula is C24H24N2O2S. The fraction of sp³-hybridized carbons (Fsp3) is 0.250. The number of esters is 1. The smallest absolute Gasteiger partial charge is 0.341 e. The van der Waals surface area contributed by atoms with Crippen LogP contribution in [0, 0.1) is 0 Å². The average Bonchev–Trinajstić information content (AvgIpc) is 3.11. The van der Waals surface area contributed by atoms with Crippen LogP contribution in [-0.4, -0.2) is 30.2 Å². The van der Waals surface area contributed by atoms with Gasteiger partial charge in [-0.3, -0.25) is 4.90 Å². The number of benzene rings is 2. The van der Waals surface area contributed by atoms with Gasteiger partial charge in [-0.05, 0) is 30.0 Å². The Balaban J connectivity index is 1.61. The van der Waals surface area contributed by atoms with Gasteiger partial charge in [0, 0.05) is 30.7 Å². The monoisotopic (exact) mass is 404 g/mol. The predicted octanol–water partition coefficient (Wildman–Crippen LogP) is 5.23. The molecule has 1 aliphatic rings. The molecule has 5 heteroatoms. The number of fused-ring (bicyclic) bond motifs is 1. The zero-order valence-corrected chi connectivity index (χ0v) is 17.3. The summed E-state index contributed by atoms with van der Waals surface area (Å²) in [5.74, 6) is -0.262. The van der Waals surface area contributed by atoms with Crippen LogP contribution in [0.25, 0.3) is 0 Å². The third-order valence-electron chi connectivity index (χ3n) is 4.98. The number of hydrogen-bond donors (Lipinski definition) is 0. The van der Waals surface area contributed by atoms with Gasteiger partial charge in [0.15, 0.2) is 0 Å². The minimum atomic E-state index is -0.262. The molecule has 0 bridgehead atoms. The average molecular weight is 405 g/mol. The van der Waals surface area contributed by atoms with Crippen molar-refractivity contribution in [3.8, 4) is 0 Å². The van der Waals surface area contributed by atoms with Crippen LogP contribution in [0.4, 0.5) is 5.00 Å². The fourth-order valence-corrected chi connectivity index (χ4v) is 4.82. The zero-order chi connectivity index (χ0) is 20.1. The molecule has 3 aromatic rings. The van der Waals surface area contributed by atoms with E-state index >= 15 is 0 Å². The van der Waals surface area contributed by atoms with E-state index in [2.05, 4.69) is 34.2 Å². The zero-order valence-electron chi connectivity index (χ0n) is 16.5. The summed E-state index contributed by atoms with van der Waals surface area (Å²) in [4.78, 5) is 21.0. The third-order valence-corrected chi connectivity index (χ3v) is 6.10. The molecule has 1 aromatic heterocycles. The Labute approximate surface area is 175 Å². The highest BCUT2D eigenvalue weighted by molar-refractivity contribution is 7.16. The van der Waals surface area contributed by atoms with Crippen molar-refractivity contribution in [3.05, 3.63) is 87.8 Å². The second-order valence-electron chi connectivity index (χ2n) is 7.02. The number of nitrogens with zero attached hydrogens (tertiary/aromatic N) is 2. The molecule has 0 saturated heterocycles. The summed E-state index contributed by atoms with van der Waals surface area (Å²) in [5, 5.41) is 0.749. The number of ether oxygens (including phenoxy) is 1. The molecule has 0 aliphatic carbocycles. The molecule has 0 saturated carbocycles. The van der Waals surface area contributed by atoms with Gasteiger partial charge < -0.3 is 4.74 Å². The summed E-state index contributed by atoms with van der Waals surface area (Å²) in [5.41, 5.74) is 4.08. The molecule has 1 aliphatic heterocycles. The SMILES string of the molecule is CCOC(=O)c1c(N=Cc2ccccc2)sc2c1CCN(Cc1ccccc1)C2. The molecule has 148 valence electrons. The van der Waals surface area contributed by atoms with E-state index in [9.17, 15) is 4.79 Å². The van der Waals surface area contributed by atoms with E-state index in [1.165, 1.54) is 10.4 Å². The van der Waals surface area contributed by atoms with Crippen LogP contribution in [0.2, 0.25) is 0 Å². The standard InChI is InChI=1S/C24H24N2O2S/c1-2-28-24(27)22-20-13-14-26(16-19-11-7-4-8-12-19)17-21(20)29-23(22)25-15-18-9-5-3-6-10-18/h3-12,15H,2,13-14,16-17H2,1H3. The highest BCUT2D eigenvalue weighted by Crippen LogP contribution is 2.39. The summed E-state index contributed by atoms with van der Waals surface area (Å²) < 4.78 is 5.35. The third kappa shape index (κ3) is 4.63. The van der Waals surface area contributed by atoms with Gasteiger partial charge in [-0.15, -0.1) is 11.3 Å². The van der Waals surface area contributed by atoms with Crippen LogP contribution in [-0.2, 0) is 24.2 Å². The van der Waals surface area contributed by atoms with Crippen LogP contribution in [0.1, 0.15) is 38.8 Å². The topological polar surface area (TPSA) is 41.9 Å². The van der Waals surface area contributed by atoms with E-state index < -0.39 is 0 Å². The molecule has 2 aromatic carbocycles. The maximum absolute atomic E-state index is 12.7. The molecule has 0 spiro atoms. The minimum absolute atomic E-state index is 0.262. The van der Waals surface area contributed by atoms with Crippen LogP contribution in [0.3, 0.4) is 0 Å². The van der Waals surface area contributed by atoms with Crippen LogP contribution >= 0.6 is 11.3 Å². The minimum Gasteiger partial charge on any atom is -0.462 e. The van der Waals surface area contributed by atoms with Crippen LogP contribution in [0.15, 0.2) is 65.7 Å². The molecule has 0 N–H and O–H groups in total. The highest BCUT2D eigenvalue weighted by Gasteiger charge is 2.28. The van der Waals surface area contributed by atoms with Gasteiger partial charge >= 0.3 is 5.97 Å². The number of thiophene rings is 1. The highest BCUT2D eigenvalue weighted by atomic mass is 32.1. The Morgan fingerprint density at radius 1 is 1.14 bits per heavy atom. The molecule has 0 atom stereocenters. The van der Waals surface area contributed by atoms with Crippen molar-refractivity contribution in [2.45, 2.75) is 26.4 Å². The Morgan fingerprint density at radius 2 is 1.86 bits per heavy atom. The van der Waals surface area contributed by atoms with E-state index in [0.29, 0.717) is 12.2 Å². The molecule has 29 heavy (non-hydrogen) atoms. The van der Waals surface area contributed by atoms with Gasteiger partial charge in [-0.1, -0.05) is 60.7 Å². The van der Waals surface area contributed by atoms with E-state index in [4.69, 9.17) is 4.74 Å². The molecule has 4 nitrogen and oxygen atoms in total. The van der Waals surface area contributed by atoms with Gasteiger partial charge in [0.1, 0.15) is 5.00 Å².